The molecule has 0 unspecified atom stereocenters. The number of nitrogens with one attached hydrogen (secondary N) is 2. The summed E-state index contributed by atoms with van der Waals surface area (Å²) in [7, 11) is 0. The first kappa shape index (κ1) is 29.1. The van der Waals surface area contributed by atoms with Crippen LogP contribution >= 0.6 is 11.3 Å². The minimum atomic E-state index is -0.866. The van der Waals surface area contributed by atoms with E-state index in [1.54, 1.807) is 27.4 Å². The van der Waals surface area contributed by atoms with Crippen molar-refractivity contribution < 1.29 is 23.5 Å². The van der Waals surface area contributed by atoms with Crippen molar-refractivity contribution in [1.29, 1.82) is 0 Å². The topological polar surface area (TPSA) is 131 Å². The molecular formula is C29H32FN7O4S. The second-order valence-electron chi connectivity index (χ2n) is 10.5. The van der Waals surface area contributed by atoms with Gasteiger partial charge in [0.15, 0.2) is 0 Å². The Balaban J connectivity index is 1.40. The second kappa shape index (κ2) is 13.1. The first-order valence-corrected chi connectivity index (χ1v) is 14.7. The van der Waals surface area contributed by atoms with Gasteiger partial charge in [0, 0.05) is 37.8 Å². The van der Waals surface area contributed by atoms with Crippen LogP contribution in [0.15, 0.2) is 48.1 Å². The van der Waals surface area contributed by atoms with Crippen molar-refractivity contribution in [1.82, 2.24) is 35.5 Å². The van der Waals surface area contributed by atoms with Crippen LogP contribution < -0.4 is 15.4 Å². The number of benzene rings is 2. The summed E-state index contributed by atoms with van der Waals surface area (Å²) in [5.41, 5.74) is 3.77. The number of carbonyl (C=O) groups excluding carboxylic acids is 3. The van der Waals surface area contributed by atoms with Gasteiger partial charge >= 0.3 is 0 Å². The summed E-state index contributed by atoms with van der Waals surface area (Å²) in [5, 5.41) is 14.0. The number of thiazole rings is 1. The number of aromatic nitrogens is 4. The van der Waals surface area contributed by atoms with Crippen molar-refractivity contribution in [2.45, 2.75) is 39.3 Å². The van der Waals surface area contributed by atoms with Crippen LogP contribution in [-0.2, 0) is 17.8 Å². The number of rotatable bonds is 3. The molecule has 220 valence electrons. The van der Waals surface area contributed by atoms with Crippen molar-refractivity contribution in [3.05, 3.63) is 70.7 Å². The number of amides is 3. The van der Waals surface area contributed by atoms with Crippen LogP contribution in [0.25, 0.3) is 10.2 Å². The molecule has 13 heteroatoms. The molecule has 0 saturated heterocycles. The van der Waals surface area contributed by atoms with Crippen molar-refractivity contribution in [2.75, 3.05) is 26.2 Å². The van der Waals surface area contributed by atoms with E-state index in [1.165, 1.54) is 23.5 Å². The van der Waals surface area contributed by atoms with Gasteiger partial charge in [0.25, 0.3) is 11.8 Å². The zero-order valence-corrected chi connectivity index (χ0v) is 24.2. The first-order valence-electron chi connectivity index (χ1n) is 13.8. The van der Waals surface area contributed by atoms with Crippen LogP contribution in [-0.4, -0.2) is 74.9 Å². The van der Waals surface area contributed by atoms with E-state index < -0.39 is 23.7 Å². The van der Waals surface area contributed by atoms with Gasteiger partial charge in [-0.05, 0) is 48.7 Å². The molecule has 5 rings (SSSR count). The Morgan fingerprint density at radius 2 is 2.02 bits per heavy atom. The summed E-state index contributed by atoms with van der Waals surface area (Å²) in [6, 6.07) is 8.23. The number of hydrogen-bond donors (Lipinski definition) is 2. The fourth-order valence-electron chi connectivity index (χ4n) is 4.73. The number of nitrogens with zero attached hydrogens (tertiary/aromatic N) is 5. The molecule has 2 aromatic heterocycles. The molecule has 2 aromatic carbocycles. The van der Waals surface area contributed by atoms with E-state index in [-0.39, 0.29) is 42.8 Å². The summed E-state index contributed by atoms with van der Waals surface area (Å²) in [4.78, 5) is 46.0. The monoisotopic (exact) mass is 593 g/mol. The lowest BCUT2D eigenvalue weighted by atomic mass is 10.0. The van der Waals surface area contributed by atoms with Crippen molar-refractivity contribution in [3.8, 4) is 5.75 Å². The lowest BCUT2D eigenvalue weighted by Gasteiger charge is -2.24. The van der Waals surface area contributed by atoms with Gasteiger partial charge in [-0.1, -0.05) is 19.1 Å². The van der Waals surface area contributed by atoms with Crippen LogP contribution in [0.2, 0.25) is 0 Å². The zero-order valence-electron chi connectivity index (χ0n) is 23.4. The maximum Gasteiger partial charge on any atom is 0.255 e. The average molecular weight is 594 g/mol. The molecule has 0 aliphatic carbocycles. The fourth-order valence-corrected chi connectivity index (χ4v) is 5.44. The molecule has 2 bridgehead atoms. The number of fused-ring (bicyclic) bond motifs is 4. The standard InChI is InChI=1S/C29H32FN7O4S/c1-18(2)13-24-28(39)31-8-10-36(29(40)19-3-5-23-26(14-19)42-17-32-23)9-7-21-16-37(35-34-21)11-12-41-25-6-4-20(30)15-22(25)27(38)33-24/h3-6,14-18,24H,7-13H2,1-2H3,(H,31,39)(H,33,38)/t24-/m1/s1. The summed E-state index contributed by atoms with van der Waals surface area (Å²) in [5.74, 6) is -1.50. The van der Waals surface area contributed by atoms with Crippen LogP contribution in [0.4, 0.5) is 4.39 Å². The minimum Gasteiger partial charge on any atom is -0.491 e. The molecule has 1 aliphatic rings. The molecule has 0 spiro atoms. The lowest BCUT2D eigenvalue weighted by Crippen LogP contribution is -2.49. The lowest BCUT2D eigenvalue weighted by molar-refractivity contribution is -0.123. The highest BCUT2D eigenvalue weighted by atomic mass is 32.1. The molecule has 42 heavy (non-hydrogen) atoms. The van der Waals surface area contributed by atoms with Gasteiger partial charge in [0.2, 0.25) is 5.91 Å². The van der Waals surface area contributed by atoms with Gasteiger partial charge in [0.1, 0.15) is 24.2 Å². The molecule has 11 nitrogen and oxygen atoms in total. The quantitative estimate of drug-likeness (QED) is 0.373. The highest BCUT2D eigenvalue weighted by Crippen LogP contribution is 2.22. The van der Waals surface area contributed by atoms with E-state index in [0.29, 0.717) is 37.2 Å². The van der Waals surface area contributed by atoms with Crippen molar-refractivity contribution in [2.24, 2.45) is 5.92 Å². The Bertz CT molecular complexity index is 1590. The molecule has 0 saturated carbocycles. The average Bonchev–Trinajstić information content (AvgIpc) is 3.63. The molecule has 1 aliphatic heterocycles. The number of hydrogen-bond acceptors (Lipinski definition) is 8. The Labute approximate surface area is 246 Å². The van der Waals surface area contributed by atoms with Gasteiger partial charge in [0.05, 0.1) is 33.5 Å². The van der Waals surface area contributed by atoms with E-state index in [1.807, 2.05) is 26.0 Å². The number of carbonyl (C=O) groups is 3. The third-order valence-electron chi connectivity index (χ3n) is 6.86. The number of halogens is 1. The third kappa shape index (κ3) is 7.08. The highest BCUT2D eigenvalue weighted by molar-refractivity contribution is 7.16. The van der Waals surface area contributed by atoms with E-state index >= 15 is 0 Å². The largest absolute Gasteiger partial charge is 0.491 e. The van der Waals surface area contributed by atoms with Crippen molar-refractivity contribution >= 4 is 39.3 Å². The normalized spacial score (nSPS) is 17.1. The predicted octanol–water partition coefficient (Wildman–Crippen LogP) is 3.07. The molecule has 1 atom stereocenters. The Hall–Kier alpha value is -4.39. The maximum absolute atomic E-state index is 14.1. The SMILES string of the molecule is CC(C)C[C@H]1NC(=O)c2cc(F)ccc2OCCn2cc(nn2)CCN(C(=O)c2ccc3ncsc3c2)CCNC1=O. The van der Waals surface area contributed by atoms with E-state index in [9.17, 15) is 18.8 Å². The summed E-state index contributed by atoms with van der Waals surface area (Å²) < 4.78 is 22.5. The van der Waals surface area contributed by atoms with Gasteiger partial charge in [-0.3, -0.25) is 14.4 Å². The third-order valence-corrected chi connectivity index (χ3v) is 7.66. The van der Waals surface area contributed by atoms with Crippen LogP contribution in [0.3, 0.4) is 0 Å². The molecule has 3 amide bonds. The molecule has 0 fully saturated rings. The Morgan fingerprint density at radius 1 is 1.17 bits per heavy atom. The smallest absolute Gasteiger partial charge is 0.255 e. The second-order valence-corrected chi connectivity index (χ2v) is 11.4. The molecular weight excluding hydrogens is 561 g/mol. The predicted molar refractivity (Wildman–Crippen MR) is 155 cm³/mol. The van der Waals surface area contributed by atoms with Crippen LogP contribution in [0.5, 0.6) is 5.75 Å². The van der Waals surface area contributed by atoms with Gasteiger partial charge in [-0.15, -0.1) is 16.4 Å². The highest BCUT2D eigenvalue weighted by Gasteiger charge is 2.25. The molecule has 3 heterocycles. The molecule has 4 aromatic rings. The maximum atomic E-state index is 14.1. The van der Waals surface area contributed by atoms with Gasteiger partial charge in [-0.25, -0.2) is 14.1 Å². The molecule has 0 radical (unpaired) electrons. The number of ether oxygens (including phenoxy) is 1. The van der Waals surface area contributed by atoms with Crippen LogP contribution in [0, 0.1) is 11.7 Å². The zero-order chi connectivity index (χ0) is 29.6. The van der Waals surface area contributed by atoms with Crippen LogP contribution in [0.1, 0.15) is 46.7 Å². The van der Waals surface area contributed by atoms with E-state index in [2.05, 4.69) is 25.9 Å². The summed E-state index contributed by atoms with van der Waals surface area (Å²) >= 11 is 1.46. The minimum absolute atomic E-state index is 0.00775. The van der Waals surface area contributed by atoms with Gasteiger partial charge < -0.3 is 20.3 Å². The summed E-state index contributed by atoms with van der Waals surface area (Å²) in [6.45, 7) is 5.13. The molecule has 2 N–H and O–H groups in total. The van der Waals surface area contributed by atoms with Crippen molar-refractivity contribution in [3.63, 3.8) is 0 Å². The Kier molecular flexibility index (Phi) is 9.06. The van der Waals surface area contributed by atoms with Gasteiger partial charge in [-0.2, -0.15) is 0 Å². The van der Waals surface area contributed by atoms with E-state index in [4.69, 9.17) is 4.74 Å². The summed E-state index contributed by atoms with van der Waals surface area (Å²) in [6.07, 6.45) is 2.60. The Morgan fingerprint density at radius 3 is 2.86 bits per heavy atom. The van der Waals surface area contributed by atoms with E-state index in [0.717, 1.165) is 16.3 Å². The fraction of sp³-hybridized carbons (Fsp3) is 0.379. The first-order chi connectivity index (χ1) is 20.3.